The molecule has 1 aliphatic heterocycles. The molecule has 4 amide bonds. The molecule has 246 valence electrons. The molecule has 0 unspecified atom stereocenters. The van der Waals surface area contributed by atoms with Crippen LogP contribution in [0.4, 0.5) is 5.69 Å². The number of nitrogens with one attached hydrogen (secondary N) is 1. The first-order valence-electron chi connectivity index (χ1n) is 16.2. The number of rotatable bonds is 9. The lowest BCUT2D eigenvalue weighted by molar-refractivity contribution is -0.151. The van der Waals surface area contributed by atoms with E-state index in [4.69, 9.17) is 13.9 Å². The number of carbonyl (C=O) groups is 4. The average Bonchev–Trinajstić information content (AvgIpc) is 3.72. The zero-order valence-corrected chi connectivity index (χ0v) is 26.9. The Kier molecular flexibility index (Phi) is 8.24. The van der Waals surface area contributed by atoms with Gasteiger partial charge in [0.1, 0.15) is 29.3 Å². The first kappa shape index (κ1) is 31.2. The number of benzene rings is 3. The minimum absolute atomic E-state index is 0.0177. The highest BCUT2D eigenvalue weighted by molar-refractivity contribution is 6.22. The number of anilines is 1. The number of carbonyl (C=O) groups excluding carboxylic acids is 4. The van der Waals surface area contributed by atoms with E-state index in [1.165, 1.54) is 29.4 Å². The molecule has 2 aliphatic carbocycles. The van der Waals surface area contributed by atoms with Crippen LogP contribution in [0.15, 0.2) is 89.5 Å². The van der Waals surface area contributed by atoms with E-state index in [1.807, 2.05) is 6.07 Å². The average molecular weight is 648 g/mol. The number of furan rings is 1. The Morgan fingerprint density at radius 1 is 0.896 bits per heavy atom. The van der Waals surface area contributed by atoms with Crippen molar-refractivity contribution in [1.29, 1.82) is 0 Å². The van der Waals surface area contributed by atoms with Gasteiger partial charge in [-0.15, -0.1) is 0 Å². The zero-order valence-electron chi connectivity index (χ0n) is 26.9. The highest BCUT2D eigenvalue weighted by Gasteiger charge is 2.53. The molecule has 1 fully saturated rings. The lowest BCUT2D eigenvalue weighted by atomic mass is 9.62. The second-order valence-corrected chi connectivity index (χ2v) is 12.8. The van der Waals surface area contributed by atoms with E-state index in [1.54, 1.807) is 61.7 Å². The Morgan fingerprint density at radius 2 is 1.58 bits per heavy atom. The van der Waals surface area contributed by atoms with Crippen LogP contribution in [0.25, 0.3) is 0 Å². The number of methoxy groups -OCH3 is 2. The number of amides is 4. The van der Waals surface area contributed by atoms with Crippen LogP contribution in [0.5, 0.6) is 11.5 Å². The maximum Gasteiger partial charge on any atom is 0.262 e. The van der Waals surface area contributed by atoms with Crippen LogP contribution in [-0.4, -0.2) is 59.7 Å². The molecule has 0 spiro atoms. The summed E-state index contributed by atoms with van der Waals surface area (Å²) in [6, 6.07) is 23.6. The lowest BCUT2D eigenvalue weighted by Gasteiger charge is -2.51. The number of hydrogen-bond donors (Lipinski definition) is 1. The first-order chi connectivity index (χ1) is 23.3. The molecule has 0 radical (unpaired) electrons. The molecule has 1 saturated carbocycles. The van der Waals surface area contributed by atoms with Crippen LogP contribution in [0, 0.1) is 11.8 Å². The van der Waals surface area contributed by atoms with E-state index in [9.17, 15) is 19.2 Å². The van der Waals surface area contributed by atoms with E-state index in [0.717, 1.165) is 17.7 Å². The Hall–Kier alpha value is -5.38. The van der Waals surface area contributed by atoms with Crippen LogP contribution >= 0.6 is 0 Å². The monoisotopic (exact) mass is 647 g/mol. The van der Waals surface area contributed by atoms with E-state index in [0.29, 0.717) is 48.1 Å². The maximum absolute atomic E-state index is 14.9. The Bertz CT molecular complexity index is 1850. The van der Waals surface area contributed by atoms with Crippen molar-refractivity contribution in [2.45, 2.75) is 44.2 Å². The molecule has 1 aromatic heterocycles. The highest BCUT2D eigenvalue weighted by Crippen LogP contribution is 2.47. The topological polar surface area (TPSA) is 118 Å². The Balaban J connectivity index is 1.28. The van der Waals surface area contributed by atoms with Crippen molar-refractivity contribution < 1.29 is 33.1 Å². The molecule has 48 heavy (non-hydrogen) atoms. The largest absolute Gasteiger partial charge is 0.497 e. The van der Waals surface area contributed by atoms with Crippen LogP contribution in [-0.2, 0) is 29.0 Å². The van der Waals surface area contributed by atoms with E-state index < -0.39 is 29.8 Å². The van der Waals surface area contributed by atoms with Crippen molar-refractivity contribution in [1.82, 2.24) is 9.80 Å². The van der Waals surface area contributed by atoms with Gasteiger partial charge in [0.15, 0.2) is 0 Å². The summed E-state index contributed by atoms with van der Waals surface area (Å²) in [6.07, 6.45) is 4.70. The zero-order chi connectivity index (χ0) is 33.4. The lowest BCUT2D eigenvalue weighted by Crippen LogP contribution is -2.63. The first-order valence-corrected chi connectivity index (χ1v) is 16.2. The minimum Gasteiger partial charge on any atom is -0.497 e. The molecule has 1 N–H and O–H groups in total. The van der Waals surface area contributed by atoms with Crippen molar-refractivity contribution >= 4 is 29.3 Å². The predicted molar refractivity (Wildman–Crippen MR) is 177 cm³/mol. The summed E-state index contributed by atoms with van der Waals surface area (Å²) in [4.78, 5) is 58.7. The maximum atomic E-state index is 14.9. The number of hydrogen-bond acceptors (Lipinski definition) is 7. The predicted octanol–water partition coefficient (Wildman–Crippen LogP) is 5.51. The van der Waals surface area contributed by atoms with Gasteiger partial charge in [-0.05, 0) is 91.5 Å². The molecule has 0 saturated heterocycles. The van der Waals surface area contributed by atoms with Crippen LogP contribution < -0.4 is 14.8 Å². The van der Waals surface area contributed by atoms with Gasteiger partial charge in [0, 0.05) is 6.07 Å². The second-order valence-electron chi connectivity index (χ2n) is 12.8. The van der Waals surface area contributed by atoms with Crippen molar-refractivity contribution in [2.24, 2.45) is 11.8 Å². The summed E-state index contributed by atoms with van der Waals surface area (Å²) in [6.45, 7) is -0.527. The molecule has 10 nitrogen and oxygen atoms in total. The molecule has 3 aliphatic rings. The van der Waals surface area contributed by atoms with Gasteiger partial charge < -0.3 is 24.1 Å². The molecule has 3 atom stereocenters. The molecule has 4 aromatic rings. The molecule has 10 heteroatoms. The standard InChI is InChI=1S/C38H37N3O7/c1-46-28-13-14-32(33(20-28)47-2)39-37(45)38(16-15-26-18-24-8-3-4-9-25(24)19-27(26)21-38)41(22-29-10-7-17-48-29)34(42)23-40-35(43)30-11-5-6-12-31(30)36(40)44/h3-14,17,20,26-27H,15-16,18-19,21-23H2,1-2H3,(H,39,45)/t26-,27+,38-/m1/s1. The number of nitrogens with zero attached hydrogens (tertiary/aromatic N) is 2. The summed E-state index contributed by atoms with van der Waals surface area (Å²) in [7, 11) is 3.06. The van der Waals surface area contributed by atoms with E-state index >= 15 is 0 Å². The normalized spacial score (nSPS) is 21.2. The third kappa shape index (κ3) is 5.51. The smallest absolute Gasteiger partial charge is 0.262 e. The molecule has 3 aromatic carbocycles. The fourth-order valence-electron chi connectivity index (χ4n) is 7.74. The van der Waals surface area contributed by atoms with Crippen LogP contribution in [0.2, 0.25) is 0 Å². The summed E-state index contributed by atoms with van der Waals surface area (Å²) in [5, 5.41) is 3.09. The van der Waals surface area contributed by atoms with E-state index in [-0.39, 0.29) is 29.5 Å². The fraction of sp³-hybridized carbons (Fsp3) is 0.316. The fourth-order valence-corrected chi connectivity index (χ4v) is 7.74. The number of fused-ring (bicyclic) bond motifs is 3. The van der Waals surface area contributed by atoms with Crippen LogP contribution in [0.1, 0.15) is 56.9 Å². The third-order valence-electron chi connectivity index (χ3n) is 10.2. The van der Waals surface area contributed by atoms with Crippen molar-refractivity contribution in [3.8, 4) is 11.5 Å². The van der Waals surface area contributed by atoms with Gasteiger partial charge >= 0.3 is 0 Å². The van der Waals surface area contributed by atoms with Gasteiger partial charge in [0.25, 0.3) is 11.8 Å². The number of imide groups is 1. The third-order valence-corrected chi connectivity index (χ3v) is 10.2. The van der Waals surface area contributed by atoms with E-state index in [2.05, 4.69) is 23.5 Å². The highest BCUT2D eigenvalue weighted by atomic mass is 16.5. The van der Waals surface area contributed by atoms with Crippen molar-refractivity contribution in [2.75, 3.05) is 26.1 Å². The van der Waals surface area contributed by atoms with Gasteiger partial charge in [0.2, 0.25) is 11.8 Å². The summed E-state index contributed by atoms with van der Waals surface area (Å²) in [5.74, 6) is -0.0398. The van der Waals surface area contributed by atoms with Gasteiger partial charge in [0.05, 0.1) is 43.8 Å². The van der Waals surface area contributed by atoms with Gasteiger partial charge in [-0.2, -0.15) is 0 Å². The summed E-state index contributed by atoms with van der Waals surface area (Å²) >= 11 is 0. The number of ether oxygens (including phenoxy) is 2. The van der Waals surface area contributed by atoms with Crippen molar-refractivity contribution in [3.63, 3.8) is 0 Å². The van der Waals surface area contributed by atoms with Crippen molar-refractivity contribution in [3.05, 3.63) is 113 Å². The van der Waals surface area contributed by atoms with Gasteiger partial charge in [-0.3, -0.25) is 24.1 Å². The Morgan fingerprint density at radius 3 is 2.23 bits per heavy atom. The molecular formula is C38H37N3O7. The minimum atomic E-state index is -1.33. The van der Waals surface area contributed by atoms with Gasteiger partial charge in [-0.1, -0.05) is 36.4 Å². The van der Waals surface area contributed by atoms with Crippen LogP contribution in [0.3, 0.4) is 0 Å². The molecular weight excluding hydrogens is 610 g/mol. The second kappa shape index (κ2) is 12.7. The quantitative estimate of drug-likeness (QED) is 0.238. The molecule has 2 heterocycles. The SMILES string of the molecule is COc1ccc(NC(=O)[C@@]2(N(Cc3ccco3)C(=O)CN3C(=O)c4ccccc4C3=O)CC[C@@H]3Cc4ccccc4C[C@H]3C2)c(OC)c1. The summed E-state index contributed by atoms with van der Waals surface area (Å²) in [5.41, 5.74) is 2.20. The molecule has 7 rings (SSSR count). The summed E-state index contributed by atoms with van der Waals surface area (Å²) < 4.78 is 16.7. The Labute approximate surface area is 278 Å². The van der Waals surface area contributed by atoms with Gasteiger partial charge in [-0.25, -0.2) is 0 Å². The molecule has 0 bridgehead atoms.